The van der Waals surface area contributed by atoms with E-state index in [0.717, 1.165) is 60.1 Å². The molecule has 11 N–H and O–H groups in total. The number of ketones is 1. The van der Waals surface area contributed by atoms with Crippen molar-refractivity contribution in [3.05, 3.63) is 142 Å². The lowest BCUT2D eigenvalue weighted by Gasteiger charge is -2.56. The van der Waals surface area contributed by atoms with Gasteiger partial charge < -0.3 is 55.3 Å². The summed E-state index contributed by atoms with van der Waals surface area (Å²) in [6.45, 7) is -0.0776. The van der Waals surface area contributed by atoms with Crippen LogP contribution in [0.2, 0.25) is 0 Å². The molecule has 4 fully saturated rings. The highest BCUT2D eigenvalue weighted by Crippen LogP contribution is 2.78. The number of aliphatic hydroxyl groups is 2. The number of nitrogens with two attached hydrogens (primary N) is 1. The lowest BCUT2D eigenvalue weighted by atomic mass is 9.47. The van der Waals surface area contributed by atoms with E-state index < -0.39 is 29.3 Å². The number of carbonyl (C=O) groups is 1. The number of hydrogen-bond donors (Lipinski definition) is 10. The number of aromatic nitrogens is 1. The summed E-state index contributed by atoms with van der Waals surface area (Å²) in [5, 5.41) is 91.5. The van der Waals surface area contributed by atoms with Crippen LogP contribution in [0.1, 0.15) is 121 Å². The lowest BCUT2D eigenvalue weighted by molar-refractivity contribution is -0.136. The van der Waals surface area contributed by atoms with Gasteiger partial charge in [-0.3, -0.25) is 10.5 Å². The van der Waals surface area contributed by atoms with E-state index in [4.69, 9.17) is 15.2 Å². The molecule has 1 heterocycles. The number of fused-ring (bicyclic) bond motifs is 9. The van der Waals surface area contributed by atoms with Crippen molar-refractivity contribution in [1.29, 1.82) is 0 Å². The van der Waals surface area contributed by atoms with Gasteiger partial charge in [0.15, 0.2) is 23.0 Å². The summed E-state index contributed by atoms with van der Waals surface area (Å²) >= 11 is 0. The van der Waals surface area contributed by atoms with Crippen molar-refractivity contribution in [3.8, 4) is 57.3 Å². The maximum Gasteiger partial charge on any atom is 0.200 e. The number of hydrogen-bond acceptors (Lipinski definition) is 12. The van der Waals surface area contributed by atoms with E-state index in [9.17, 15) is 40.9 Å². The maximum absolute atomic E-state index is 15.2. The molecule has 6 aromatic rings. The average molecular weight is 1020 g/mol. The Bertz CT molecular complexity index is 3140. The van der Waals surface area contributed by atoms with Gasteiger partial charge in [0.25, 0.3) is 0 Å². The topological polar surface area (TPSA) is 239 Å². The fourth-order valence-electron chi connectivity index (χ4n) is 17.0. The molecule has 0 aliphatic heterocycles. The number of phenolic OH excluding ortho intramolecular Hbond substituents is 6. The van der Waals surface area contributed by atoms with E-state index in [0.29, 0.717) is 49.7 Å². The quantitative estimate of drug-likeness (QED) is 0.0362. The Kier molecular flexibility index (Phi) is 12.6. The summed E-state index contributed by atoms with van der Waals surface area (Å²) in [5.74, 6) is -3.10. The van der Waals surface area contributed by atoms with Crippen LogP contribution in [0, 0.1) is 40.9 Å². The molecular formula is C62H68N2O11. The minimum absolute atomic E-state index is 0.00460. The summed E-state index contributed by atoms with van der Waals surface area (Å²) in [6, 6.07) is 29.1. The molecule has 392 valence electrons. The van der Waals surface area contributed by atoms with Crippen molar-refractivity contribution in [2.45, 2.75) is 113 Å². The van der Waals surface area contributed by atoms with Gasteiger partial charge in [-0.2, -0.15) is 0 Å². The number of ether oxygens (including phenoxy) is 2. The minimum Gasteiger partial charge on any atom is -0.508 e. The van der Waals surface area contributed by atoms with Gasteiger partial charge in [0, 0.05) is 59.4 Å². The molecule has 1 spiro atoms. The number of aromatic hydroxyl groups is 6. The van der Waals surface area contributed by atoms with E-state index in [1.165, 1.54) is 23.3 Å². The molecule has 4 saturated carbocycles. The first-order valence-electron chi connectivity index (χ1n) is 27.1. The summed E-state index contributed by atoms with van der Waals surface area (Å²) in [5.41, 5.74) is 13.4. The second kappa shape index (κ2) is 19.2. The zero-order valence-electron chi connectivity index (χ0n) is 42.1. The number of phenols is 6. The van der Waals surface area contributed by atoms with E-state index in [1.807, 2.05) is 6.07 Å². The molecule has 0 radical (unpaired) electrons. The SMILES string of the molecule is NCOc1cc(CCC(=O)C2CC(Cc3ccc(O)cc3O)C3CC4CC(C56CC(CCO)C7(CCCC7)C5c5cc[nH]c5-c5ccccc56)C(c5cc(O)c(O)c(OCc6cccc(O)c6)c54)C3C2O)ccc1O. The summed E-state index contributed by atoms with van der Waals surface area (Å²) in [6.07, 6.45) is 8.95. The fourth-order valence-corrected chi connectivity index (χ4v) is 17.0. The number of Topliss-reactive ketones (excluding diaryl/α,β-unsaturated/α-hetero) is 1. The summed E-state index contributed by atoms with van der Waals surface area (Å²) < 4.78 is 12.2. The number of H-pyrrole nitrogens is 1. The van der Waals surface area contributed by atoms with Gasteiger partial charge >= 0.3 is 0 Å². The van der Waals surface area contributed by atoms with E-state index in [2.05, 4.69) is 41.5 Å². The van der Waals surface area contributed by atoms with Crippen molar-refractivity contribution < 1.29 is 55.1 Å². The van der Waals surface area contributed by atoms with E-state index >= 15 is 4.79 Å². The molecule has 75 heavy (non-hydrogen) atoms. The zero-order valence-corrected chi connectivity index (χ0v) is 42.1. The molecule has 11 atom stereocenters. The molecule has 11 unspecified atom stereocenters. The molecule has 0 saturated heterocycles. The molecule has 7 aliphatic carbocycles. The van der Waals surface area contributed by atoms with Crippen LogP contribution in [0.4, 0.5) is 0 Å². The molecule has 13 rings (SSSR count). The fraction of sp³-hybridized carbons (Fsp3) is 0.435. The standard InChI is InChI=1S/C62H68N2O11/c63-32-75-52-23-33(11-15-49(52)69)10-14-48(68)44-25-36(24-35-12-13-40(67)28-50(35)70)43-26-37-27-47(54(55(43)57(44)72)45-29-51(71)58(73)59(53(37)45)74-31-34-6-5-7-39(66)22-34)62-30-38(17-21-65)61(18-3-4-19-61)60(62)42-16-20-64-56(42)41-8-1-2-9-46(41)62/h1-2,5-9,11-13,15-16,20,22-23,28-29,36-38,43-44,47,54-55,57,60,64-67,69-73H,3-4,10,14,17-19,21,24-27,30-32,63H2. The summed E-state index contributed by atoms with van der Waals surface area (Å²) in [7, 11) is 0. The first-order valence-corrected chi connectivity index (χ1v) is 27.1. The zero-order chi connectivity index (χ0) is 51.9. The van der Waals surface area contributed by atoms with E-state index in [-0.39, 0.29) is 119 Å². The van der Waals surface area contributed by atoms with Crippen LogP contribution < -0.4 is 15.2 Å². The molecular weight excluding hydrogens is 949 g/mol. The highest BCUT2D eigenvalue weighted by molar-refractivity contribution is 5.82. The number of benzene rings is 5. The second-order valence-corrected chi connectivity index (χ2v) is 22.9. The van der Waals surface area contributed by atoms with Gasteiger partial charge in [0.1, 0.15) is 36.4 Å². The molecule has 1 aromatic heterocycles. The number of nitrogens with one attached hydrogen (secondary N) is 1. The van der Waals surface area contributed by atoms with Crippen molar-refractivity contribution in [3.63, 3.8) is 0 Å². The Morgan fingerprint density at radius 2 is 1.60 bits per heavy atom. The molecule has 0 amide bonds. The Hall–Kier alpha value is -6.67. The van der Waals surface area contributed by atoms with Gasteiger partial charge in [0.05, 0.1) is 6.10 Å². The number of rotatable bonds is 14. The van der Waals surface area contributed by atoms with Crippen molar-refractivity contribution >= 4 is 5.78 Å². The van der Waals surface area contributed by atoms with Crippen LogP contribution in [-0.2, 0) is 29.7 Å². The third-order valence-electron chi connectivity index (χ3n) is 19.6. The van der Waals surface area contributed by atoms with Gasteiger partial charge in [-0.1, -0.05) is 61.4 Å². The highest BCUT2D eigenvalue weighted by Gasteiger charge is 2.71. The van der Waals surface area contributed by atoms with Crippen LogP contribution in [0.3, 0.4) is 0 Å². The third-order valence-corrected chi connectivity index (χ3v) is 19.6. The first-order chi connectivity index (χ1) is 36.3. The normalized spacial score (nSPS) is 28.7. The van der Waals surface area contributed by atoms with Crippen LogP contribution in [0.5, 0.6) is 46.0 Å². The molecule has 5 aromatic carbocycles. The van der Waals surface area contributed by atoms with Gasteiger partial charge in [-0.05, 0) is 180 Å². The average Bonchev–Trinajstić information content (AvgIpc) is 4.12. The minimum atomic E-state index is -1.14. The van der Waals surface area contributed by atoms with Crippen LogP contribution >= 0.6 is 0 Å². The predicted octanol–water partition coefficient (Wildman–Crippen LogP) is 10.1. The molecule has 13 heteroatoms. The third kappa shape index (κ3) is 7.93. The first kappa shape index (κ1) is 49.2. The monoisotopic (exact) mass is 1020 g/mol. The Balaban J connectivity index is 1.06. The maximum atomic E-state index is 15.2. The number of aliphatic hydroxyl groups excluding tert-OH is 2. The lowest BCUT2D eigenvalue weighted by Crippen LogP contribution is -2.53. The highest BCUT2D eigenvalue weighted by atomic mass is 16.5. The van der Waals surface area contributed by atoms with Gasteiger partial charge in [0.2, 0.25) is 5.75 Å². The molecule has 2 bridgehead atoms. The van der Waals surface area contributed by atoms with Gasteiger partial charge in [-0.25, -0.2) is 0 Å². The molecule has 13 nitrogen and oxygen atoms in total. The Morgan fingerprint density at radius 1 is 0.787 bits per heavy atom. The number of aryl methyl sites for hydroxylation is 1. The number of aromatic amines is 1. The molecule has 7 aliphatic rings. The Morgan fingerprint density at radius 3 is 2.39 bits per heavy atom. The van der Waals surface area contributed by atoms with Crippen molar-refractivity contribution in [1.82, 2.24) is 4.98 Å². The second-order valence-electron chi connectivity index (χ2n) is 22.9. The van der Waals surface area contributed by atoms with Crippen molar-refractivity contribution in [2.75, 3.05) is 13.3 Å². The van der Waals surface area contributed by atoms with Crippen molar-refractivity contribution in [2.24, 2.45) is 46.7 Å². The van der Waals surface area contributed by atoms with Crippen LogP contribution in [0.25, 0.3) is 11.3 Å². The largest absolute Gasteiger partial charge is 0.508 e. The van der Waals surface area contributed by atoms with Gasteiger partial charge in [-0.15, -0.1) is 0 Å². The van der Waals surface area contributed by atoms with Crippen LogP contribution in [-0.4, -0.2) is 71.1 Å². The summed E-state index contributed by atoms with van der Waals surface area (Å²) in [4.78, 5) is 18.9. The van der Waals surface area contributed by atoms with E-state index in [1.54, 1.807) is 48.5 Å². The number of carbonyl (C=O) groups excluding carboxylic acids is 1. The predicted molar refractivity (Wildman–Crippen MR) is 281 cm³/mol. The Labute approximate surface area is 436 Å². The smallest absolute Gasteiger partial charge is 0.200 e. The van der Waals surface area contributed by atoms with Crippen LogP contribution in [0.15, 0.2) is 103 Å².